The lowest BCUT2D eigenvalue weighted by Gasteiger charge is -2.10. The van der Waals surface area contributed by atoms with Crippen molar-refractivity contribution in [3.05, 3.63) is 0 Å². The molecule has 0 aliphatic carbocycles. The Labute approximate surface area is 61.9 Å². The van der Waals surface area contributed by atoms with Crippen LogP contribution >= 0.6 is 0 Å². The van der Waals surface area contributed by atoms with E-state index in [9.17, 15) is 9.59 Å². The molecule has 0 aliphatic heterocycles. The Morgan fingerprint density at radius 1 is 1.20 bits per heavy atom. The number of rotatable bonds is 2. The van der Waals surface area contributed by atoms with Crippen molar-refractivity contribution in [2.75, 3.05) is 0 Å². The molecule has 10 heavy (non-hydrogen) atoms. The van der Waals surface area contributed by atoms with Crippen LogP contribution < -0.4 is 0 Å². The summed E-state index contributed by atoms with van der Waals surface area (Å²) in [5.74, 6) is -1.50. The molecule has 0 fully saturated rings. The van der Waals surface area contributed by atoms with Crippen LogP contribution in [0.25, 0.3) is 0 Å². The largest absolute Gasteiger partial charge is 0.431 e. The third-order valence-corrected chi connectivity index (χ3v) is 1.14. The van der Waals surface area contributed by atoms with Crippen LogP contribution in [0.3, 0.4) is 0 Å². The van der Waals surface area contributed by atoms with Crippen LogP contribution in [0.5, 0.6) is 0 Å². The minimum absolute atomic E-state index is 0.429. The van der Waals surface area contributed by atoms with Gasteiger partial charge in [0.05, 0.1) is 0 Å². The molecule has 58 valence electrons. The summed E-state index contributed by atoms with van der Waals surface area (Å²) in [5, 5.41) is 0. The highest BCUT2D eigenvalue weighted by molar-refractivity contribution is 6.11. The smallest absolute Gasteiger partial charge is 0.305 e. The van der Waals surface area contributed by atoms with Gasteiger partial charge in [-0.2, -0.15) is 0 Å². The van der Waals surface area contributed by atoms with E-state index in [1.807, 2.05) is 0 Å². The predicted octanol–water partition coefficient (Wildman–Crippen LogP) is -1.24. The van der Waals surface area contributed by atoms with Gasteiger partial charge in [-0.15, -0.1) is 0 Å². The first-order valence-corrected chi connectivity index (χ1v) is 4.02. The summed E-state index contributed by atoms with van der Waals surface area (Å²) in [6, 6.07) is 0. The average Bonchev–Trinajstić information content (AvgIpc) is 1.58. The van der Waals surface area contributed by atoms with E-state index in [0.717, 1.165) is 0 Å². The highest BCUT2D eigenvalue weighted by Crippen LogP contribution is 1.89. The molecule has 0 saturated heterocycles. The molecule has 0 rings (SSSR count). The summed E-state index contributed by atoms with van der Waals surface area (Å²) in [6.07, 6.45) is 0. The van der Waals surface area contributed by atoms with Crippen LogP contribution in [0, 0.1) is 0 Å². The third kappa shape index (κ3) is 5.30. The van der Waals surface area contributed by atoms with Gasteiger partial charge in [0.25, 0.3) is 0 Å². The number of hydrogen-bond donors (Lipinski definition) is 0. The van der Waals surface area contributed by atoms with Crippen molar-refractivity contribution in [1.29, 1.82) is 0 Å². The quantitative estimate of drug-likeness (QED) is 0.289. The first kappa shape index (κ1) is 9.16. The summed E-state index contributed by atoms with van der Waals surface area (Å²) in [7, 11) is 0.499. The Bertz CT molecular complexity index is 129. The van der Waals surface area contributed by atoms with E-state index in [2.05, 4.69) is 9.47 Å². The van der Waals surface area contributed by atoms with Gasteiger partial charge in [0.2, 0.25) is 5.91 Å². The molecule has 0 aromatic carbocycles. The van der Waals surface area contributed by atoms with E-state index in [0.29, 0.717) is 10.2 Å². The second-order valence-corrected chi connectivity index (χ2v) is 2.73. The second-order valence-electron chi connectivity index (χ2n) is 1.79. The van der Waals surface area contributed by atoms with E-state index >= 15 is 0 Å². The van der Waals surface area contributed by atoms with Gasteiger partial charge in [-0.25, -0.2) is 0 Å². The van der Waals surface area contributed by atoms with Crippen LogP contribution in [0.2, 0.25) is 0 Å². The van der Waals surface area contributed by atoms with E-state index < -0.39 is 17.9 Å². The van der Waals surface area contributed by atoms with Crippen molar-refractivity contribution in [3.8, 4) is 0 Å². The highest BCUT2D eigenvalue weighted by atomic mass is 28.1. The van der Waals surface area contributed by atoms with Gasteiger partial charge in [0.15, 0.2) is 0 Å². The molecule has 0 heterocycles. The molecular formula is C5H10O4Si. The molecule has 4 nitrogen and oxygen atoms in total. The second kappa shape index (κ2) is 4.05. The maximum Gasteiger partial charge on any atom is 0.305 e. The first-order valence-electron chi connectivity index (χ1n) is 2.87. The standard InChI is InChI=1S/C5H10O4Si/c1-3(6)8-5(10)9-4(2)7/h5H,1-2,10H3. The Morgan fingerprint density at radius 2 is 1.50 bits per heavy atom. The van der Waals surface area contributed by atoms with Crippen molar-refractivity contribution >= 4 is 22.2 Å². The van der Waals surface area contributed by atoms with Gasteiger partial charge in [-0.05, 0) is 0 Å². The fourth-order valence-corrected chi connectivity index (χ4v) is 1.16. The van der Waals surface area contributed by atoms with Gasteiger partial charge >= 0.3 is 11.9 Å². The van der Waals surface area contributed by atoms with Crippen LogP contribution in [0.1, 0.15) is 13.8 Å². The zero-order chi connectivity index (χ0) is 8.15. The average molecular weight is 162 g/mol. The minimum Gasteiger partial charge on any atom is -0.431 e. The summed E-state index contributed by atoms with van der Waals surface area (Å²) in [5.41, 5.74) is 0. The summed E-state index contributed by atoms with van der Waals surface area (Å²) in [6.45, 7) is 2.54. The van der Waals surface area contributed by atoms with Gasteiger partial charge < -0.3 is 9.47 Å². The number of hydrogen-bond acceptors (Lipinski definition) is 4. The van der Waals surface area contributed by atoms with Gasteiger partial charge in [-0.1, -0.05) is 0 Å². The molecule has 0 radical (unpaired) electrons. The van der Waals surface area contributed by atoms with E-state index in [1.54, 1.807) is 0 Å². The molecule has 0 saturated carbocycles. The topological polar surface area (TPSA) is 52.6 Å². The van der Waals surface area contributed by atoms with Crippen LogP contribution in [-0.4, -0.2) is 28.1 Å². The SMILES string of the molecule is CC(=O)OC([SiH3])OC(C)=O. The maximum atomic E-state index is 10.2. The monoisotopic (exact) mass is 162 g/mol. The molecule has 0 atom stereocenters. The van der Waals surface area contributed by atoms with Crippen molar-refractivity contribution in [2.24, 2.45) is 0 Å². The molecule has 0 aromatic heterocycles. The zero-order valence-corrected chi connectivity index (χ0v) is 8.21. The van der Waals surface area contributed by atoms with Crippen LogP contribution in [0.15, 0.2) is 0 Å². The van der Waals surface area contributed by atoms with E-state index in [1.165, 1.54) is 13.8 Å². The Morgan fingerprint density at radius 3 is 1.70 bits per heavy atom. The molecule has 0 bridgehead atoms. The molecule has 0 spiro atoms. The Balaban J connectivity index is 3.53. The molecular weight excluding hydrogens is 152 g/mol. The lowest BCUT2D eigenvalue weighted by molar-refractivity contribution is -0.170. The molecule has 0 aliphatic rings. The highest BCUT2D eigenvalue weighted by Gasteiger charge is 2.06. The molecule has 0 aromatic rings. The first-order chi connectivity index (χ1) is 4.52. The summed E-state index contributed by atoms with van der Waals surface area (Å²) in [4.78, 5) is 20.5. The van der Waals surface area contributed by atoms with Gasteiger partial charge in [0.1, 0.15) is 10.2 Å². The molecule has 5 heteroatoms. The van der Waals surface area contributed by atoms with Crippen molar-refractivity contribution in [1.82, 2.24) is 0 Å². The third-order valence-electron chi connectivity index (χ3n) is 0.664. The minimum atomic E-state index is -0.644. The number of carbonyl (C=O) groups excluding carboxylic acids is 2. The number of esters is 2. The van der Waals surface area contributed by atoms with Gasteiger partial charge in [-0.3, -0.25) is 9.59 Å². The van der Waals surface area contributed by atoms with Crippen molar-refractivity contribution in [3.63, 3.8) is 0 Å². The normalized spacial score (nSPS) is 9.50. The lowest BCUT2D eigenvalue weighted by Crippen LogP contribution is -2.22. The lowest BCUT2D eigenvalue weighted by atomic mass is 10.8. The fraction of sp³-hybridized carbons (Fsp3) is 0.600. The maximum absolute atomic E-state index is 10.2. The van der Waals surface area contributed by atoms with Crippen molar-refractivity contribution in [2.45, 2.75) is 19.8 Å². The molecule has 0 unspecified atom stereocenters. The fourth-order valence-electron chi connectivity index (χ4n) is 0.491. The van der Waals surface area contributed by atoms with Crippen LogP contribution in [0.4, 0.5) is 0 Å². The summed E-state index contributed by atoms with van der Waals surface area (Å²) < 4.78 is 9.08. The van der Waals surface area contributed by atoms with Gasteiger partial charge in [0, 0.05) is 13.8 Å². The van der Waals surface area contributed by atoms with Crippen molar-refractivity contribution < 1.29 is 19.1 Å². The number of carbonyl (C=O) groups is 2. The number of ether oxygens (including phenoxy) is 2. The molecule has 0 amide bonds. The Kier molecular flexibility index (Phi) is 3.71. The zero-order valence-electron chi connectivity index (χ0n) is 6.21. The van der Waals surface area contributed by atoms with Crippen LogP contribution in [-0.2, 0) is 19.1 Å². The van der Waals surface area contributed by atoms with E-state index in [-0.39, 0.29) is 0 Å². The molecule has 0 N–H and O–H groups in total. The Hall–Kier alpha value is -0.843. The predicted molar refractivity (Wildman–Crippen MR) is 37.3 cm³/mol. The van der Waals surface area contributed by atoms with E-state index in [4.69, 9.17) is 0 Å². The summed E-state index contributed by atoms with van der Waals surface area (Å²) >= 11 is 0.